The third-order valence-corrected chi connectivity index (χ3v) is 5.88. The average Bonchev–Trinajstić information content (AvgIpc) is 2.63. The molecule has 0 aromatic carbocycles. The number of carbonyl (C=O) groups excluding carboxylic acids is 1. The lowest BCUT2D eigenvalue weighted by atomic mass is 10.1. The highest BCUT2D eigenvalue weighted by atomic mass is 32.2. The quantitative estimate of drug-likeness (QED) is 0.782. The predicted molar refractivity (Wildman–Crippen MR) is 64.4 cm³/mol. The minimum Gasteiger partial charge on any atom is -0.297 e. The zero-order chi connectivity index (χ0) is 12.6. The molecule has 1 rings (SSSR count). The van der Waals surface area contributed by atoms with Crippen LogP contribution >= 0.6 is 11.3 Å². The maximum Gasteiger partial charge on any atom is 0.252 e. The minimum atomic E-state index is -3.49. The van der Waals surface area contributed by atoms with E-state index < -0.39 is 15.6 Å². The summed E-state index contributed by atoms with van der Waals surface area (Å²) in [5.41, 5.74) is -0.482. The number of hydrogen-bond donors (Lipinski definition) is 0. The first-order chi connectivity index (χ1) is 7.19. The molecule has 0 unspecified atom stereocenters. The molecule has 0 aliphatic heterocycles. The molecule has 0 N–H and O–H groups in total. The molecule has 0 saturated carbocycles. The summed E-state index contributed by atoms with van der Waals surface area (Å²) in [6, 6.07) is 2.98. The molecule has 0 spiro atoms. The number of rotatable bonds is 3. The molecular weight excluding hydrogens is 246 g/mol. The van der Waals surface area contributed by atoms with E-state index in [1.54, 1.807) is 0 Å². The van der Waals surface area contributed by atoms with Gasteiger partial charge in [-0.3, -0.25) is 4.79 Å². The maximum atomic E-state index is 12.1. The molecule has 90 valence electrons. The van der Waals surface area contributed by atoms with E-state index in [9.17, 15) is 13.2 Å². The van der Waals surface area contributed by atoms with Crippen molar-refractivity contribution in [3.63, 3.8) is 0 Å². The lowest BCUT2D eigenvalue weighted by molar-refractivity contribution is 0.112. The van der Waals surface area contributed by atoms with Crippen molar-refractivity contribution in [3.8, 4) is 0 Å². The molecule has 6 heteroatoms. The third-order valence-electron chi connectivity index (χ3n) is 2.28. The molecule has 0 amide bonds. The van der Waals surface area contributed by atoms with Crippen LogP contribution in [0.3, 0.4) is 0 Å². The summed E-state index contributed by atoms with van der Waals surface area (Å²) < 4.78 is 25.8. The second-order valence-corrected chi connectivity index (χ2v) is 7.73. The lowest BCUT2D eigenvalue weighted by Crippen LogP contribution is -2.42. The Morgan fingerprint density at radius 2 is 1.88 bits per heavy atom. The molecule has 0 atom stereocenters. The van der Waals surface area contributed by atoms with Gasteiger partial charge in [0.05, 0.1) is 4.88 Å². The number of sulfonamides is 1. The number of nitrogens with zero attached hydrogens (tertiary/aromatic N) is 1. The highest BCUT2D eigenvalue weighted by Crippen LogP contribution is 2.27. The van der Waals surface area contributed by atoms with Crippen LogP contribution in [0.2, 0.25) is 0 Å². The second-order valence-electron chi connectivity index (χ2n) is 4.42. The van der Waals surface area contributed by atoms with E-state index in [1.807, 2.05) is 20.8 Å². The third kappa shape index (κ3) is 2.50. The van der Waals surface area contributed by atoms with Crippen molar-refractivity contribution < 1.29 is 13.2 Å². The van der Waals surface area contributed by atoms with Crippen LogP contribution < -0.4 is 0 Å². The van der Waals surface area contributed by atoms with Crippen molar-refractivity contribution in [1.29, 1.82) is 0 Å². The standard InChI is InChI=1S/C10H15NO3S2/c1-10(2,3)11(4)16(13,14)9-6-5-8(7-12)15-9/h5-7H,1-4H3. The van der Waals surface area contributed by atoms with Crippen LogP contribution in [0, 0.1) is 0 Å². The van der Waals surface area contributed by atoms with Gasteiger partial charge in [0.15, 0.2) is 6.29 Å². The van der Waals surface area contributed by atoms with Crippen molar-refractivity contribution in [2.45, 2.75) is 30.5 Å². The van der Waals surface area contributed by atoms with Gasteiger partial charge in [0.1, 0.15) is 4.21 Å². The molecule has 1 aromatic heterocycles. The van der Waals surface area contributed by atoms with Crippen molar-refractivity contribution in [1.82, 2.24) is 4.31 Å². The normalized spacial score (nSPS) is 13.1. The van der Waals surface area contributed by atoms with E-state index >= 15 is 0 Å². The van der Waals surface area contributed by atoms with Crippen molar-refractivity contribution >= 4 is 27.6 Å². The monoisotopic (exact) mass is 261 g/mol. The molecule has 16 heavy (non-hydrogen) atoms. The summed E-state index contributed by atoms with van der Waals surface area (Å²) in [6.07, 6.45) is 0.654. The van der Waals surface area contributed by atoms with Gasteiger partial charge in [-0.2, -0.15) is 4.31 Å². The van der Waals surface area contributed by atoms with Crippen LogP contribution in [0.25, 0.3) is 0 Å². The first-order valence-electron chi connectivity index (χ1n) is 4.73. The molecular formula is C10H15NO3S2. The SMILES string of the molecule is CN(C(C)(C)C)S(=O)(=O)c1ccc(C=O)s1. The molecule has 0 fully saturated rings. The second kappa shape index (κ2) is 4.27. The topological polar surface area (TPSA) is 54.5 Å². The number of hydrogen-bond acceptors (Lipinski definition) is 4. The van der Waals surface area contributed by atoms with Crippen LogP contribution in [0.15, 0.2) is 16.3 Å². The zero-order valence-electron chi connectivity index (χ0n) is 9.72. The Kier molecular flexibility index (Phi) is 3.56. The summed E-state index contributed by atoms with van der Waals surface area (Å²) in [5.74, 6) is 0. The molecule has 4 nitrogen and oxygen atoms in total. The largest absolute Gasteiger partial charge is 0.297 e. The Hall–Kier alpha value is -0.720. The van der Waals surface area contributed by atoms with Gasteiger partial charge in [0.2, 0.25) is 0 Å². The average molecular weight is 261 g/mol. The Morgan fingerprint density at radius 3 is 2.25 bits per heavy atom. The van der Waals surface area contributed by atoms with Gasteiger partial charge in [0, 0.05) is 12.6 Å². The first kappa shape index (κ1) is 13.3. The molecule has 0 radical (unpaired) electrons. The zero-order valence-corrected chi connectivity index (χ0v) is 11.4. The van der Waals surface area contributed by atoms with Gasteiger partial charge >= 0.3 is 0 Å². The Labute approximate surface area is 99.9 Å². The fourth-order valence-corrected chi connectivity index (χ4v) is 3.86. The van der Waals surface area contributed by atoms with E-state index in [1.165, 1.54) is 23.5 Å². The number of aldehydes is 1. The summed E-state index contributed by atoms with van der Waals surface area (Å²) in [7, 11) is -1.96. The van der Waals surface area contributed by atoms with E-state index in [4.69, 9.17) is 0 Å². The smallest absolute Gasteiger partial charge is 0.252 e. The fourth-order valence-electron chi connectivity index (χ4n) is 1.03. The highest BCUT2D eigenvalue weighted by Gasteiger charge is 2.31. The van der Waals surface area contributed by atoms with Crippen molar-refractivity contribution in [3.05, 3.63) is 17.0 Å². The van der Waals surface area contributed by atoms with Gasteiger partial charge in [-0.05, 0) is 32.9 Å². The predicted octanol–water partition coefficient (Wildman–Crippen LogP) is 1.98. The Bertz CT molecular complexity index is 482. The van der Waals surface area contributed by atoms with Crippen LogP contribution in [-0.4, -0.2) is 31.6 Å². The van der Waals surface area contributed by atoms with Crippen LogP contribution in [0.5, 0.6) is 0 Å². The van der Waals surface area contributed by atoms with Gasteiger partial charge in [-0.1, -0.05) is 0 Å². The molecule has 0 bridgehead atoms. The molecule has 0 saturated heterocycles. The summed E-state index contributed by atoms with van der Waals surface area (Å²) in [6.45, 7) is 5.45. The van der Waals surface area contributed by atoms with Crippen LogP contribution in [-0.2, 0) is 10.0 Å². The van der Waals surface area contributed by atoms with E-state index in [2.05, 4.69) is 0 Å². The number of thiophene rings is 1. The maximum absolute atomic E-state index is 12.1. The van der Waals surface area contributed by atoms with E-state index in [0.717, 1.165) is 11.3 Å². The molecule has 0 aliphatic carbocycles. The Morgan fingerprint density at radius 1 is 1.31 bits per heavy atom. The minimum absolute atomic E-state index is 0.201. The summed E-state index contributed by atoms with van der Waals surface area (Å²) >= 11 is 0.987. The van der Waals surface area contributed by atoms with Crippen LogP contribution in [0.1, 0.15) is 30.4 Å². The van der Waals surface area contributed by atoms with Gasteiger partial charge < -0.3 is 0 Å². The molecule has 1 aromatic rings. The highest BCUT2D eigenvalue weighted by molar-refractivity contribution is 7.91. The van der Waals surface area contributed by atoms with Gasteiger partial charge in [-0.15, -0.1) is 11.3 Å². The van der Waals surface area contributed by atoms with Gasteiger partial charge in [-0.25, -0.2) is 8.42 Å². The van der Waals surface area contributed by atoms with Crippen molar-refractivity contribution in [2.75, 3.05) is 7.05 Å². The summed E-state index contributed by atoms with van der Waals surface area (Å²) in [5, 5.41) is 0. The van der Waals surface area contributed by atoms with Crippen LogP contribution in [0.4, 0.5) is 0 Å². The molecule has 1 heterocycles. The Balaban J connectivity index is 3.17. The lowest BCUT2D eigenvalue weighted by Gasteiger charge is -2.30. The van der Waals surface area contributed by atoms with Gasteiger partial charge in [0.25, 0.3) is 10.0 Å². The first-order valence-corrected chi connectivity index (χ1v) is 6.99. The van der Waals surface area contributed by atoms with Crippen molar-refractivity contribution in [2.24, 2.45) is 0 Å². The van der Waals surface area contributed by atoms with E-state index in [-0.39, 0.29) is 4.21 Å². The number of carbonyl (C=O) groups is 1. The molecule has 0 aliphatic rings. The summed E-state index contributed by atoms with van der Waals surface area (Å²) in [4.78, 5) is 10.9. The fraction of sp³-hybridized carbons (Fsp3) is 0.500. The van der Waals surface area contributed by atoms with E-state index in [0.29, 0.717) is 11.2 Å².